The van der Waals surface area contributed by atoms with Crippen molar-refractivity contribution < 1.29 is 4.79 Å². The van der Waals surface area contributed by atoms with Crippen LogP contribution in [0.2, 0.25) is 0 Å². The van der Waals surface area contributed by atoms with Crippen LogP contribution in [0.5, 0.6) is 0 Å². The van der Waals surface area contributed by atoms with Gasteiger partial charge in [0, 0.05) is 38.9 Å². The maximum absolute atomic E-state index is 12.4. The Labute approximate surface area is 140 Å². The zero-order valence-electron chi connectivity index (χ0n) is 14.9. The quantitative estimate of drug-likeness (QED) is 0.767. The molecule has 2 rings (SSSR count). The third-order valence-corrected chi connectivity index (χ3v) is 4.57. The fraction of sp³-hybridized carbons (Fsp3) is 0.667. The molecule has 23 heavy (non-hydrogen) atoms. The molecule has 0 aliphatic carbocycles. The molecule has 0 spiro atoms. The maximum Gasteiger partial charge on any atom is 0.236 e. The molecule has 1 amide bonds. The van der Waals surface area contributed by atoms with Crippen LogP contribution in [0.15, 0.2) is 24.4 Å². The zero-order chi connectivity index (χ0) is 16.8. The lowest BCUT2D eigenvalue weighted by molar-refractivity contribution is -0.131. The van der Waals surface area contributed by atoms with Gasteiger partial charge in [0.15, 0.2) is 0 Å². The van der Waals surface area contributed by atoms with Crippen LogP contribution in [0.1, 0.15) is 26.0 Å². The Bertz CT molecular complexity index is 491. The van der Waals surface area contributed by atoms with E-state index in [1.54, 1.807) is 6.20 Å². The van der Waals surface area contributed by atoms with E-state index in [0.29, 0.717) is 25.0 Å². The molecule has 0 saturated carbocycles. The van der Waals surface area contributed by atoms with E-state index in [1.165, 1.54) is 6.42 Å². The molecule has 5 nitrogen and oxygen atoms in total. The lowest BCUT2D eigenvalue weighted by Crippen LogP contribution is -2.39. The molecular weight excluding hydrogens is 288 g/mol. The number of hydrogen-bond acceptors (Lipinski definition) is 4. The van der Waals surface area contributed by atoms with Crippen LogP contribution >= 0.6 is 0 Å². The minimum atomic E-state index is 0.187. The summed E-state index contributed by atoms with van der Waals surface area (Å²) in [6, 6.07) is 6.48. The van der Waals surface area contributed by atoms with Gasteiger partial charge in [-0.25, -0.2) is 0 Å². The number of aromatic nitrogens is 1. The summed E-state index contributed by atoms with van der Waals surface area (Å²) in [6.45, 7) is 8.74. The molecule has 0 aromatic carbocycles. The Morgan fingerprint density at radius 1 is 1.39 bits per heavy atom. The van der Waals surface area contributed by atoms with Gasteiger partial charge in [-0.3, -0.25) is 14.7 Å². The number of nitrogens with zero attached hydrogens (tertiary/aromatic N) is 4. The molecule has 1 aromatic rings. The van der Waals surface area contributed by atoms with Crippen molar-refractivity contribution in [2.45, 2.75) is 32.9 Å². The SMILES string of the molecule is CC(C)N1CCC(CN(C)C(=O)CN(C)Cc2ccccn2)C1. The zero-order valence-corrected chi connectivity index (χ0v) is 14.9. The van der Waals surface area contributed by atoms with Crippen LogP contribution in [0, 0.1) is 5.92 Å². The molecule has 5 heteroatoms. The monoisotopic (exact) mass is 318 g/mol. The number of carbonyl (C=O) groups is 1. The average Bonchev–Trinajstić information content (AvgIpc) is 2.96. The lowest BCUT2D eigenvalue weighted by Gasteiger charge is -2.25. The van der Waals surface area contributed by atoms with E-state index in [4.69, 9.17) is 0 Å². The molecule has 0 N–H and O–H groups in total. The summed E-state index contributed by atoms with van der Waals surface area (Å²) in [7, 11) is 3.89. The van der Waals surface area contributed by atoms with Crippen LogP contribution in [-0.2, 0) is 11.3 Å². The van der Waals surface area contributed by atoms with E-state index in [2.05, 4.69) is 23.7 Å². The van der Waals surface area contributed by atoms with E-state index < -0.39 is 0 Å². The first kappa shape index (κ1) is 17.9. The van der Waals surface area contributed by atoms with Gasteiger partial charge in [-0.05, 0) is 51.9 Å². The van der Waals surface area contributed by atoms with Crippen molar-refractivity contribution in [3.05, 3.63) is 30.1 Å². The third-order valence-electron chi connectivity index (χ3n) is 4.57. The van der Waals surface area contributed by atoms with E-state index in [1.807, 2.05) is 42.1 Å². The molecule has 128 valence electrons. The second kappa shape index (κ2) is 8.41. The minimum Gasteiger partial charge on any atom is -0.344 e. The topological polar surface area (TPSA) is 39.7 Å². The van der Waals surface area contributed by atoms with Crippen molar-refractivity contribution in [3.8, 4) is 0 Å². The Morgan fingerprint density at radius 3 is 2.78 bits per heavy atom. The van der Waals surface area contributed by atoms with Gasteiger partial charge in [0.2, 0.25) is 5.91 Å². The molecule has 0 radical (unpaired) electrons. The van der Waals surface area contributed by atoms with Crippen LogP contribution in [0.25, 0.3) is 0 Å². The Hall–Kier alpha value is -1.46. The second-order valence-electron chi connectivity index (χ2n) is 7.01. The molecule has 1 fully saturated rings. The molecule has 1 atom stereocenters. The van der Waals surface area contributed by atoms with Crippen molar-refractivity contribution >= 4 is 5.91 Å². The number of hydrogen-bond donors (Lipinski definition) is 0. The number of likely N-dealkylation sites (N-methyl/N-ethyl adjacent to an activating group) is 2. The summed E-state index contributed by atoms with van der Waals surface area (Å²) in [5.41, 5.74) is 0.994. The molecular formula is C18H30N4O. The summed E-state index contributed by atoms with van der Waals surface area (Å²) in [6.07, 6.45) is 2.98. The predicted octanol–water partition coefficient (Wildman–Crippen LogP) is 1.70. The van der Waals surface area contributed by atoms with Crippen LogP contribution in [0.3, 0.4) is 0 Å². The molecule has 1 saturated heterocycles. The fourth-order valence-electron chi connectivity index (χ4n) is 3.15. The van der Waals surface area contributed by atoms with Crippen LogP contribution in [-0.4, -0.2) is 71.9 Å². The van der Waals surface area contributed by atoms with Crippen molar-refractivity contribution in [1.82, 2.24) is 19.7 Å². The van der Waals surface area contributed by atoms with Crippen molar-refractivity contribution in [2.75, 3.05) is 40.3 Å². The standard InChI is InChI=1S/C18H30N4O/c1-15(2)22-10-8-16(12-22)11-21(4)18(23)14-20(3)13-17-7-5-6-9-19-17/h5-7,9,15-16H,8,10-14H2,1-4H3. The number of carbonyl (C=O) groups excluding carboxylic acids is 1. The Kier molecular flexibility index (Phi) is 6.54. The fourth-order valence-corrected chi connectivity index (χ4v) is 3.15. The van der Waals surface area contributed by atoms with Gasteiger partial charge < -0.3 is 9.80 Å². The highest BCUT2D eigenvalue weighted by atomic mass is 16.2. The number of rotatable bonds is 7. The van der Waals surface area contributed by atoms with Gasteiger partial charge in [0.25, 0.3) is 0 Å². The van der Waals surface area contributed by atoms with Crippen LogP contribution < -0.4 is 0 Å². The summed E-state index contributed by atoms with van der Waals surface area (Å²) in [5.74, 6) is 0.791. The van der Waals surface area contributed by atoms with Crippen molar-refractivity contribution in [2.24, 2.45) is 5.92 Å². The molecule has 1 aliphatic heterocycles. The third kappa shape index (κ3) is 5.59. The Balaban J connectivity index is 1.74. The maximum atomic E-state index is 12.4. The first-order valence-electron chi connectivity index (χ1n) is 8.52. The van der Waals surface area contributed by atoms with Gasteiger partial charge in [-0.2, -0.15) is 0 Å². The summed E-state index contributed by atoms with van der Waals surface area (Å²) in [4.78, 5) is 23.1. The van der Waals surface area contributed by atoms with Gasteiger partial charge in [0.05, 0.1) is 12.2 Å². The number of likely N-dealkylation sites (tertiary alicyclic amines) is 1. The van der Waals surface area contributed by atoms with Gasteiger partial charge in [-0.15, -0.1) is 0 Å². The van der Waals surface area contributed by atoms with Gasteiger partial charge in [-0.1, -0.05) is 6.07 Å². The summed E-state index contributed by atoms with van der Waals surface area (Å²) in [5, 5.41) is 0. The summed E-state index contributed by atoms with van der Waals surface area (Å²) < 4.78 is 0. The molecule has 0 bridgehead atoms. The smallest absolute Gasteiger partial charge is 0.236 e. The van der Waals surface area contributed by atoms with E-state index in [0.717, 1.165) is 25.3 Å². The predicted molar refractivity (Wildman–Crippen MR) is 93.0 cm³/mol. The second-order valence-corrected chi connectivity index (χ2v) is 7.01. The number of amides is 1. The molecule has 2 heterocycles. The van der Waals surface area contributed by atoms with Crippen molar-refractivity contribution in [1.29, 1.82) is 0 Å². The number of pyridine rings is 1. The first-order chi connectivity index (χ1) is 11.0. The van der Waals surface area contributed by atoms with Gasteiger partial charge in [0.1, 0.15) is 0 Å². The highest BCUT2D eigenvalue weighted by Crippen LogP contribution is 2.19. The first-order valence-corrected chi connectivity index (χ1v) is 8.52. The molecule has 1 aliphatic rings. The largest absolute Gasteiger partial charge is 0.344 e. The van der Waals surface area contributed by atoms with Crippen LogP contribution in [0.4, 0.5) is 0 Å². The van der Waals surface area contributed by atoms with E-state index in [-0.39, 0.29) is 5.91 Å². The Morgan fingerprint density at radius 2 is 2.17 bits per heavy atom. The van der Waals surface area contributed by atoms with E-state index in [9.17, 15) is 4.79 Å². The highest BCUT2D eigenvalue weighted by molar-refractivity contribution is 5.77. The van der Waals surface area contributed by atoms with Gasteiger partial charge >= 0.3 is 0 Å². The molecule has 1 aromatic heterocycles. The lowest BCUT2D eigenvalue weighted by atomic mass is 10.1. The molecule has 1 unspecified atom stereocenters. The minimum absolute atomic E-state index is 0.187. The highest BCUT2D eigenvalue weighted by Gasteiger charge is 2.26. The average molecular weight is 318 g/mol. The van der Waals surface area contributed by atoms with E-state index >= 15 is 0 Å². The normalized spacial score (nSPS) is 18.8. The van der Waals surface area contributed by atoms with Crippen molar-refractivity contribution in [3.63, 3.8) is 0 Å². The summed E-state index contributed by atoms with van der Waals surface area (Å²) >= 11 is 0.